The molecule has 6 heteroatoms. The first-order valence-corrected chi connectivity index (χ1v) is 7.47. The second-order valence-corrected chi connectivity index (χ2v) is 6.75. The first kappa shape index (κ1) is 15.7. The van der Waals surface area contributed by atoms with E-state index in [0.717, 1.165) is 15.4 Å². The summed E-state index contributed by atoms with van der Waals surface area (Å²) in [5.41, 5.74) is 7.03. The zero-order chi connectivity index (χ0) is 14.8. The van der Waals surface area contributed by atoms with Crippen LogP contribution in [-0.2, 0) is 14.8 Å². The summed E-state index contributed by atoms with van der Waals surface area (Å²) in [5, 5.41) is 0. The molecule has 0 aliphatic rings. The van der Waals surface area contributed by atoms with Crippen molar-refractivity contribution in [3.8, 4) is 0 Å². The largest absolute Gasteiger partial charge is 0.369 e. The van der Waals surface area contributed by atoms with E-state index < -0.39 is 15.9 Å². The van der Waals surface area contributed by atoms with Crippen molar-refractivity contribution in [1.82, 2.24) is 4.31 Å². The van der Waals surface area contributed by atoms with Crippen molar-refractivity contribution in [2.24, 2.45) is 5.73 Å². The van der Waals surface area contributed by atoms with Crippen molar-refractivity contribution in [2.45, 2.75) is 38.6 Å². The average molecular weight is 284 g/mol. The minimum Gasteiger partial charge on any atom is -0.369 e. The second kappa shape index (κ2) is 5.71. The van der Waals surface area contributed by atoms with Gasteiger partial charge in [-0.3, -0.25) is 4.79 Å². The van der Waals surface area contributed by atoms with Gasteiger partial charge < -0.3 is 5.73 Å². The smallest absolute Gasteiger partial charge is 0.243 e. The van der Waals surface area contributed by atoms with E-state index in [1.807, 2.05) is 13.8 Å². The summed E-state index contributed by atoms with van der Waals surface area (Å²) in [6, 6.07) is 4.58. The van der Waals surface area contributed by atoms with Crippen molar-refractivity contribution in [1.29, 1.82) is 0 Å². The summed E-state index contributed by atoms with van der Waals surface area (Å²) in [5.74, 6) is -0.666. The van der Waals surface area contributed by atoms with Gasteiger partial charge in [0.1, 0.15) is 0 Å². The van der Waals surface area contributed by atoms with Crippen molar-refractivity contribution in [3.63, 3.8) is 0 Å². The molecule has 0 fully saturated rings. The Hall–Kier alpha value is -1.40. The molecule has 0 unspecified atom stereocenters. The minimum atomic E-state index is -3.70. The number of rotatable bonds is 5. The maximum atomic E-state index is 12.5. The van der Waals surface area contributed by atoms with Gasteiger partial charge >= 0.3 is 0 Å². The summed E-state index contributed by atoms with van der Waals surface area (Å²) >= 11 is 0. The predicted octanol–water partition coefficient (Wildman–Crippen LogP) is 1.19. The van der Waals surface area contributed by atoms with E-state index in [1.54, 1.807) is 32.0 Å². The number of benzene rings is 1. The zero-order valence-electron chi connectivity index (χ0n) is 11.7. The molecule has 0 saturated carbocycles. The van der Waals surface area contributed by atoms with Crippen LogP contribution in [0.4, 0.5) is 0 Å². The molecular weight excluding hydrogens is 264 g/mol. The van der Waals surface area contributed by atoms with Crippen LogP contribution < -0.4 is 5.73 Å². The standard InChI is InChI=1S/C13H20N2O3S/c1-9(2)15(8-13(14)16)19(17,18)12-6-5-10(3)11(4)7-12/h5-7,9H,8H2,1-4H3,(H2,14,16). The summed E-state index contributed by atoms with van der Waals surface area (Å²) in [7, 11) is -3.70. The summed E-state index contributed by atoms with van der Waals surface area (Å²) in [4.78, 5) is 11.2. The molecule has 106 valence electrons. The van der Waals surface area contributed by atoms with Gasteiger partial charge in [0.15, 0.2) is 0 Å². The van der Waals surface area contributed by atoms with Crippen LogP contribution in [0.3, 0.4) is 0 Å². The Morgan fingerprint density at radius 2 is 1.84 bits per heavy atom. The molecule has 19 heavy (non-hydrogen) atoms. The highest BCUT2D eigenvalue weighted by Crippen LogP contribution is 2.20. The zero-order valence-corrected chi connectivity index (χ0v) is 12.5. The van der Waals surface area contributed by atoms with Crippen molar-refractivity contribution >= 4 is 15.9 Å². The van der Waals surface area contributed by atoms with Gasteiger partial charge in [0.05, 0.1) is 11.4 Å². The van der Waals surface area contributed by atoms with Crippen molar-refractivity contribution in [2.75, 3.05) is 6.54 Å². The van der Waals surface area contributed by atoms with E-state index in [1.165, 1.54) is 0 Å². The average Bonchev–Trinajstić information content (AvgIpc) is 2.28. The van der Waals surface area contributed by atoms with Crippen LogP contribution in [0.5, 0.6) is 0 Å². The Balaban J connectivity index is 3.26. The number of hydrogen-bond acceptors (Lipinski definition) is 3. The van der Waals surface area contributed by atoms with Gasteiger partial charge in [-0.2, -0.15) is 4.31 Å². The number of nitrogens with zero attached hydrogens (tertiary/aromatic N) is 1. The highest BCUT2D eigenvalue weighted by atomic mass is 32.2. The number of sulfonamides is 1. The molecule has 0 spiro atoms. The fourth-order valence-electron chi connectivity index (χ4n) is 1.71. The monoisotopic (exact) mass is 284 g/mol. The molecule has 5 nitrogen and oxygen atoms in total. The highest BCUT2D eigenvalue weighted by molar-refractivity contribution is 7.89. The van der Waals surface area contributed by atoms with Gasteiger partial charge in [0.25, 0.3) is 0 Å². The molecule has 0 atom stereocenters. The minimum absolute atomic E-state index is 0.186. The summed E-state index contributed by atoms with van der Waals surface area (Å²) in [6.45, 7) is 6.87. The van der Waals surface area contributed by atoms with Crippen LogP contribution in [-0.4, -0.2) is 31.2 Å². The maximum absolute atomic E-state index is 12.5. The third-order valence-corrected chi connectivity index (χ3v) is 4.99. The Bertz CT molecular complexity index is 580. The summed E-state index contributed by atoms with van der Waals surface area (Å²) < 4.78 is 26.1. The fraction of sp³-hybridized carbons (Fsp3) is 0.462. The number of primary amides is 1. The molecule has 2 N–H and O–H groups in total. The van der Waals surface area contributed by atoms with E-state index >= 15 is 0 Å². The third kappa shape index (κ3) is 3.54. The SMILES string of the molecule is Cc1ccc(S(=O)(=O)N(CC(N)=O)C(C)C)cc1C. The molecule has 0 aromatic heterocycles. The number of amides is 1. The van der Waals surface area contributed by atoms with Crippen LogP contribution in [0, 0.1) is 13.8 Å². The Morgan fingerprint density at radius 1 is 1.26 bits per heavy atom. The van der Waals surface area contributed by atoms with Gasteiger partial charge in [-0.25, -0.2) is 8.42 Å². The van der Waals surface area contributed by atoms with Gasteiger partial charge in [-0.15, -0.1) is 0 Å². The van der Waals surface area contributed by atoms with Crippen LogP contribution in [0.25, 0.3) is 0 Å². The number of carbonyl (C=O) groups is 1. The second-order valence-electron chi connectivity index (χ2n) is 4.86. The molecule has 0 aliphatic heterocycles. The van der Waals surface area contributed by atoms with Gasteiger partial charge in [-0.1, -0.05) is 6.07 Å². The molecule has 0 aliphatic carbocycles. The highest BCUT2D eigenvalue weighted by Gasteiger charge is 2.28. The normalized spacial score (nSPS) is 12.1. The number of nitrogens with two attached hydrogens (primary N) is 1. The summed E-state index contributed by atoms with van der Waals surface area (Å²) in [6.07, 6.45) is 0. The molecule has 1 aromatic carbocycles. The lowest BCUT2D eigenvalue weighted by Crippen LogP contribution is -2.42. The molecule has 1 amide bonds. The van der Waals surface area contributed by atoms with Crippen LogP contribution in [0.1, 0.15) is 25.0 Å². The van der Waals surface area contributed by atoms with Crippen LogP contribution >= 0.6 is 0 Å². The Labute approximate surface area is 114 Å². The molecule has 0 saturated heterocycles. The lowest BCUT2D eigenvalue weighted by molar-refractivity contribution is -0.118. The van der Waals surface area contributed by atoms with Crippen LogP contribution in [0.15, 0.2) is 23.1 Å². The van der Waals surface area contributed by atoms with Gasteiger partial charge in [0, 0.05) is 6.04 Å². The van der Waals surface area contributed by atoms with Crippen molar-refractivity contribution < 1.29 is 13.2 Å². The molecule has 1 rings (SSSR count). The van der Waals surface area contributed by atoms with Gasteiger partial charge in [0.2, 0.25) is 15.9 Å². The number of aryl methyl sites for hydroxylation is 2. The lowest BCUT2D eigenvalue weighted by Gasteiger charge is -2.24. The number of carbonyl (C=O) groups excluding carboxylic acids is 1. The van der Waals surface area contributed by atoms with Gasteiger partial charge in [-0.05, 0) is 51.0 Å². The Kier molecular flexibility index (Phi) is 4.70. The van der Waals surface area contributed by atoms with E-state index in [4.69, 9.17) is 5.73 Å². The topological polar surface area (TPSA) is 80.5 Å². The third-order valence-electron chi connectivity index (χ3n) is 2.97. The van der Waals surface area contributed by atoms with E-state index in [2.05, 4.69) is 0 Å². The molecule has 0 heterocycles. The predicted molar refractivity (Wildman–Crippen MR) is 74.1 cm³/mol. The maximum Gasteiger partial charge on any atom is 0.243 e. The Morgan fingerprint density at radius 3 is 2.26 bits per heavy atom. The molecule has 0 radical (unpaired) electrons. The quantitative estimate of drug-likeness (QED) is 0.882. The van der Waals surface area contributed by atoms with Crippen LogP contribution in [0.2, 0.25) is 0 Å². The van der Waals surface area contributed by atoms with E-state index in [9.17, 15) is 13.2 Å². The van der Waals surface area contributed by atoms with Crippen molar-refractivity contribution in [3.05, 3.63) is 29.3 Å². The lowest BCUT2D eigenvalue weighted by atomic mass is 10.1. The molecule has 0 bridgehead atoms. The molecular formula is C13H20N2O3S. The number of hydrogen-bond donors (Lipinski definition) is 1. The van der Waals surface area contributed by atoms with E-state index in [-0.39, 0.29) is 17.5 Å². The van der Waals surface area contributed by atoms with E-state index in [0.29, 0.717) is 0 Å². The molecule has 1 aromatic rings. The fourth-order valence-corrected chi connectivity index (χ4v) is 3.40. The first-order chi connectivity index (χ1) is 8.66. The first-order valence-electron chi connectivity index (χ1n) is 6.03.